The number of carbonyl (C=O) groups is 1. The summed E-state index contributed by atoms with van der Waals surface area (Å²) in [6, 6.07) is 0.464. The molecule has 2 bridgehead atoms. The van der Waals surface area contributed by atoms with E-state index in [9.17, 15) is 4.79 Å². The minimum Gasteiger partial charge on any atom is -0.340 e. The molecule has 1 amide bonds. The van der Waals surface area contributed by atoms with E-state index in [2.05, 4.69) is 5.32 Å². The van der Waals surface area contributed by atoms with Crippen LogP contribution in [0.1, 0.15) is 32.1 Å². The van der Waals surface area contributed by atoms with Gasteiger partial charge < -0.3 is 10.2 Å². The van der Waals surface area contributed by atoms with Crippen molar-refractivity contribution in [2.75, 3.05) is 20.1 Å². The van der Waals surface area contributed by atoms with Gasteiger partial charge in [0.2, 0.25) is 5.91 Å². The Morgan fingerprint density at radius 2 is 2.12 bits per heavy atom. The first-order valence-electron chi connectivity index (χ1n) is 6.70. The van der Waals surface area contributed by atoms with Crippen LogP contribution in [0.5, 0.6) is 0 Å². The molecule has 0 aromatic rings. The van der Waals surface area contributed by atoms with Gasteiger partial charge in [-0.05, 0) is 37.0 Å². The highest BCUT2D eigenvalue weighted by Crippen LogP contribution is 2.49. The van der Waals surface area contributed by atoms with Crippen molar-refractivity contribution < 1.29 is 4.79 Å². The minimum atomic E-state index is 0.379. The third-order valence-electron chi connectivity index (χ3n) is 5.02. The predicted octanol–water partition coefficient (Wildman–Crippen LogP) is 1.24. The van der Waals surface area contributed by atoms with E-state index in [4.69, 9.17) is 0 Å². The van der Waals surface area contributed by atoms with Crippen LogP contribution in [0.4, 0.5) is 0 Å². The third kappa shape index (κ3) is 1.75. The van der Waals surface area contributed by atoms with Gasteiger partial charge in [0.05, 0.1) is 6.04 Å². The van der Waals surface area contributed by atoms with E-state index in [1.165, 1.54) is 25.7 Å². The fourth-order valence-corrected chi connectivity index (χ4v) is 3.75. The Morgan fingerprint density at radius 1 is 1.31 bits per heavy atom. The highest BCUT2D eigenvalue weighted by Gasteiger charge is 2.40. The van der Waals surface area contributed by atoms with Crippen molar-refractivity contribution in [2.45, 2.75) is 38.1 Å². The van der Waals surface area contributed by atoms with E-state index in [0.29, 0.717) is 17.9 Å². The van der Waals surface area contributed by atoms with E-state index in [-0.39, 0.29) is 0 Å². The summed E-state index contributed by atoms with van der Waals surface area (Å²) in [4.78, 5) is 14.1. The lowest BCUT2D eigenvalue weighted by Crippen LogP contribution is -2.57. The minimum absolute atomic E-state index is 0.379. The summed E-state index contributed by atoms with van der Waals surface area (Å²) >= 11 is 0. The molecule has 2 saturated carbocycles. The molecule has 3 unspecified atom stereocenters. The maximum absolute atomic E-state index is 12.1. The van der Waals surface area contributed by atoms with Crippen molar-refractivity contribution in [1.29, 1.82) is 0 Å². The Morgan fingerprint density at radius 3 is 2.62 bits per heavy atom. The Hall–Kier alpha value is -0.570. The van der Waals surface area contributed by atoms with Gasteiger partial charge in [0, 0.05) is 26.6 Å². The average Bonchev–Trinajstić information content (AvgIpc) is 2.76. The summed E-state index contributed by atoms with van der Waals surface area (Å²) in [6.07, 6.45) is 6.36. The van der Waals surface area contributed by atoms with Crippen molar-refractivity contribution in [1.82, 2.24) is 10.2 Å². The molecule has 0 aromatic heterocycles. The first kappa shape index (κ1) is 10.6. The highest BCUT2D eigenvalue weighted by atomic mass is 16.2. The Balaban J connectivity index is 1.52. The summed E-state index contributed by atoms with van der Waals surface area (Å²) < 4.78 is 0. The molecule has 3 rings (SSSR count). The molecule has 3 fully saturated rings. The number of amides is 1. The number of nitrogens with zero attached hydrogens (tertiary/aromatic N) is 1. The van der Waals surface area contributed by atoms with Crippen LogP contribution in [0.2, 0.25) is 0 Å². The quantitative estimate of drug-likeness (QED) is 0.779. The Labute approximate surface area is 97.6 Å². The second-order valence-electron chi connectivity index (χ2n) is 5.96. The van der Waals surface area contributed by atoms with Crippen molar-refractivity contribution in [3.63, 3.8) is 0 Å². The van der Waals surface area contributed by atoms with Crippen LogP contribution in [-0.2, 0) is 4.79 Å². The largest absolute Gasteiger partial charge is 0.340 e. The molecule has 0 radical (unpaired) electrons. The molecular weight excluding hydrogens is 200 g/mol. The molecule has 16 heavy (non-hydrogen) atoms. The smallest absolute Gasteiger partial charge is 0.222 e. The van der Waals surface area contributed by atoms with Gasteiger partial charge in [-0.25, -0.2) is 0 Å². The average molecular weight is 222 g/mol. The van der Waals surface area contributed by atoms with E-state index in [0.717, 1.165) is 31.3 Å². The Bertz CT molecular complexity index is 288. The lowest BCUT2D eigenvalue weighted by molar-refractivity contribution is -0.134. The second-order valence-corrected chi connectivity index (χ2v) is 5.96. The van der Waals surface area contributed by atoms with Gasteiger partial charge >= 0.3 is 0 Å². The number of fused-ring (bicyclic) bond motifs is 2. The van der Waals surface area contributed by atoms with E-state index in [1.54, 1.807) is 0 Å². The normalized spacial score (nSPS) is 37.4. The molecule has 3 atom stereocenters. The Kier molecular flexibility index (Phi) is 2.66. The van der Waals surface area contributed by atoms with E-state index < -0.39 is 0 Å². The number of hydrogen-bond acceptors (Lipinski definition) is 2. The SMILES string of the molecule is CN(C(=O)CC1CC2CCC1C2)C1CNC1. The summed E-state index contributed by atoms with van der Waals surface area (Å²) in [5.41, 5.74) is 0. The molecule has 3 aliphatic rings. The molecule has 0 spiro atoms. The molecule has 0 aromatic carbocycles. The molecule has 2 aliphatic carbocycles. The van der Waals surface area contributed by atoms with E-state index in [1.807, 2.05) is 11.9 Å². The van der Waals surface area contributed by atoms with Gasteiger partial charge in [-0.15, -0.1) is 0 Å². The number of rotatable bonds is 3. The van der Waals surface area contributed by atoms with Crippen LogP contribution in [0.3, 0.4) is 0 Å². The number of carbonyl (C=O) groups excluding carboxylic acids is 1. The zero-order valence-corrected chi connectivity index (χ0v) is 10.1. The molecule has 1 N–H and O–H groups in total. The molecule has 1 saturated heterocycles. The lowest BCUT2D eigenvalue weighted by atomic mass is 9.86. The van der Waals surface area contributed by atoms with Crippen molar-refractivity contribution in [2.24, 2.45) is 17.8 Å². The second kappa shape index (κ2) is 4.02. The number of hydrogen-bond donors (Lipinski definition) is 1. The zero-order chi connectivity index (χ0) is 11.1. The topological polar surface area (TPSA) is 32.3 Å². The van der Waals surface area contributed by atoms with Crippen molar-refractivity contribution >= 4 is 5.91 Å². The third-order valence-corrected chi connectivity index (χ3v) is 5.02. The van der Waals surface area contributed by atoms with Gasteiger partial charge in [-0.3, -0.25) is 4.79 Å². The molecule has 3 heteroatoms. The summed E-state index contributed by atoms with van der Waals surface area (Å²) in [5.74, 6) is 2.92. The first-order valence-corrected chi connectivity index (χ1v) is 6.70. The van der Waals surface area contributed by atoms with Crippen LogP contribution >= 0.6 is 0 Å². The van der Waals surface area contributed by atoms with Crippen molar-refractivity contribution in [3.05, 3.63) is 0 Å². The fourth-order valence-electron chi connectivity index (χ4n) is 3.75. The van der Waals surface area contributed by atoms with Crippen LogP contribution in [0, 0.1) is 17.8 Å². The van der Waals surface area contributed by atoms with Gasteiger partial charge in [-0.2, -0.15) is 0 Å². The molecule has 1 heterocycles. The van der Waals surface area contributed by atoms with Crippen LogP contribution in [0.25, 0.3) is 0 Å². The summed E-state index contributed by atoms with van der Waals surface area (Å²) in [7, 11) is 1.97. The molecule has 1 aliphatic heterocycles. The molecule has 3 nitrogen and oxygen atoms in total. The maximum atomic E-state index is 12.1. The van der Waals surface area contributed by atoms with Crippen LogP contribution in [-0.4, -0.2) is 37.0 Å². The maximum Gasteiger partial charge on any atom is 0.222 e. The van der Waals surface area contributed by atoms with Gasteiger partial charge in [0.25, 0.3) is 0 Å². The molecular formula is C13H22N2O. The van der Waals surface area contributed by atoms with Gasteiger partial charge in [-0.1, -0.05) is 6.42 Å². The predicted molar refractivity (Wildman–Crippen MR) is 63.0 cm³/mol. The fraction of sp³-hybridized carbons (Fsp3) is 0.923. The first-order chi connectivity index (χ1) is 7.74. The van der Waals surface area contributed by atoms with Crippen LogP contribution in [0.15, 0.2) is 0 Å². The van der Waals surface area contributed by atoms with Crippen LogP contribution < -0.4 is 5.32 Å². The number of likely N-dealkylation sites (N-methyl/N-ethyl adjacent to an activating group) is 1. The summed E-state index contributed by atoms with van der Waals surface area (Å²) in [5, 5.41) is 3.22. The monoisotopic (exact) mass is 222 g/mol. The van der Waals surface area contributed by atoms with Crippen molar-refractivity contribution in [3.8, 4) is 0 Å². The zero-order valence-electron chi connectivity index (χ0n) is 10.1. The standard InChI is InChI=1S/C13H22N2O/c1-15(12-7-14-8-12)13(16)6-11-5-9-2-3-10(11)4-9/h9-12,14H,2-8H2,1H3. The van der Waals surface area contributed by atoms with Gasteiger partial charge in [0.15, 0.2) is 0 Å². The lowest BCUT2D eigenvalue weighted by Gasteiger charge is -2.36. The summed E-state index contributed by atoms with van der Waals surface area (Å²) in [6.45, 7) is 1.97. The molecule has 90 valence electrons. The number of nitrogens with one attached hydrogen (secondary N) is 1. The highest BCUT2D eigenvalue weighted by molar-refractivity contribution is 5.76. The van der Waals surface area contributed by atoms with E-state index >= 15 is 0 Å². The van der Waals surface area contributed by atoms with Gasteiger partial charge in [0.1, 0.15) is 0 Å².